The Bertz CT molecular complexity index is 940. The number of Topliss-reactive ketones (excluding diaryl/α,β-unsaturated/α-hetero) is 1. The van der Waals surface area contributed by atoms with Crippen molar-refractivity contribution in [2.45, 2.75) is 95.4 Å². The third-order valence-corrected chi connectivity index (χ3v) is 11.2. The molecule has 0 spiro atoms. The van der Waals surface area contributed by atoms with E-state index in [4.69, 9.17) is 27.9 Å². The predicted molar refractivity (Wildman–Crippen MR) is 130 cm³/mol. The highest BCUT2D eigenvalue weighted by molar-refractivity contribution is 6.34. The van der Waals surface area contributed by atoms with E-state index in [-0.39, 0.29) is 35.3 Å². The Morgan fingerprint density at radius 1 is 1.24 bits per heavy atom. The zero-order valence-corrected chi connectivity index (χ0v) is 21.9. The van der Waals surface area contributed by atoms with Crippen LogP contribution in [0.2, 0.25) is 0 Å². The van der Waals surface area contributed by atoms with Gasteiger partial charge in [-0.15, -0.1) is 23.2 Å². The van der Waals surface area contributed by atoms with E-state index in [2.05, 4.69) is 13.8 Å². The number of rotatable bonds is 5. The zero-order chi connectivity index (χ0) is 24.4. The molecule has 1 unspecified atom stereocenters. The monoisotopic (exact) mass is 494 g/mol. The van der Waals surface area contributed by atoms with Crippen molar-refractivity contribution >= 4 is 40.7 Å². The van der Waals surface area contributed by atoms with Gasteiger partial charge in [-0.3, -0.25) is 14.4 Å². The summed E-state index contributed by atoms with van der Waals surface area (Å²) in [5.74, 6) is -0.389. The molecule has 0 radical (unpaired) electrons. The lowest BCUT2D eigenvalue weighted by Crippen LogP contribution is -2.68. The molecule has 4 nitrogen and oxygen atoms in total. The number of ether oxygens (including phenoxy) is 1. The first kappa shape index (κ1) is 25.0. The molecule has 0 saturated heterocycles. The number of fused-ring (bicyclic) bond motifs is 5. The number of hydrogen-bond donors (Lipinski definition) is 0. The molecule has 0 amide bonds. The molecule has 8 atom stereocenters. The van der Waals surface area contributed by atoms with Gasteiger partial charge in [0.1, 0.15) is 0 Å². The Balaban J connectivity index is 1.78. The Morgan fingerprint density at radius 2 is 1.94 bits per heavy atom. The number of hydrogen-bond acceptors (Lipinski definition) is 4. The minimum absolute atomic E-state index is 0.00274. The van der Waals surface area contributed by atoms with Crippen LogP contribution in [0.15, 0.2) is 23.8 Å². The lowest BCUT2D eigenvalue weighted by molar-refractivity contribution is -0.192. The van der Waals surface area contributed by atoms with Crippen molar-refractivity contribution in [3.8, 4) is 0 Å². The summed E-state index contributed by atoms with van der Waals surface area (Å²) in [6.07, 6.45) is 10.1. The number of alkyl halides is 2. The summed E-state index contributed by atoms with van der Waals surface area (Å²) in [6, 6.07) is 0. The number of carbonyl (C=O) groups excluding carboxylic acids is 3. The van der Waals surface area contributed by atoms with Crippen LogP contribution in [-0.4, -0.2) is 33.4 Å². The highest BCUT2D eigenvalue weighted by Gasteiger charge is 2.75. The third kappa shape index (κ3) is 3.19. The van der Waals surface area contributed by atoms with Gasteiger partial charge in [0.25, 0.3) is 0 Å². The van der Waals surface area contributed by atoms with Crippen molar-refractivity contribution in [2.75, 3.05) is 0 Å². The van der Waals surface area contributed by atoms with Gasteiger partial charge < -0.3 is 4.74 Å². The molecule has 0 heterocycles. The zero-order valence-electron chi connectivity index (χ0n) is 20.4. The second kappa shape index (κ2) is 8.22. The average Bonchev–Trinajstić information content (AvgIpc) is 2.96. The first-order valence-corrected chi connectivity index (χ1v) is 13.2. The topological polar surface area (TPSA) is 60.4 Å². The Labute approximate surface area is 207 Å². The fraction of sp³-hybridized carbons (Fsp3) is 0.741. The minimum Gasteiger partial charge on any atom is -0.450 e. The van der Waals surface area contributed by atoms with E-state index in [1.165, 1.54) is 0 Å². The van der Waals surface area contributed by atoms with Crippen LogP contribution in [0.5, 0.6) is 0 Å². The number of unbranched alkanes of at least 4 members (excludes halogenated alkanes) is 1. The molecule has 33 heavy (non-hydrogen) atoms. The molecule has 182 valence electrons. The Morgan fingerprint density at radius 3 is 2.58 bits per heavy atom. The lowest BCUT2D eigenvalue weighted by Gasteiger charge is -2.64. The number of ketones is 2. The van der Waals surface area contributed by atoms with E-state index in [1.807, 2.05) is 19.9 Å². The fourth-order valence-corrected chi connectivity index (χ4v) is 9.29. The number of carbonyl (C=O) groups is 3. The van der Waals surface area contributed by atoms with Crippen LogP contribution in [0.1, 0.15) is 79.6 Å². The lowest BCUT2D eigenvalue weighted by atomic mass is 9.46. The van der Waals surface area contributed by atoms with Crippen molar-refractivity contribution in [3.05, 3.63) is 23.8 Å². The second-order valence-corrected chi connectivity index (χ2v) is 12.4. The molecule has 4 rings (SSSR count). The minimum atomic E-state index is -1.19. The van der Waals surface area contributed by atoms with Gasteiger partial charge in [0.15, 0.2) is 17.2 Å². The van der Waals surface area contributed by atoms with Gasteiger partial charge in [0, 0.05) is 23.2 Å². The molecular weight excluding hydrogens is 459 g/mol. The fourth-order valence-electron chi connectivity index (χ4n) is 8.06. The smallest absolute Gasteiger partial charge is 0.306 e. The van der Waals surface area contributed by atoms with Crippen LogP contribution < -0.4 is 0 Å². The summed E-state index contributed by atoms with van der Waals surface area (Å²) in [6.45, 7) is 9.81. The molecule has 6 heteroatoms. The number of halogens is 2. The number of esters is 1. The molecule has 0 bridgehead atoms. The molecular formula is C27H36Cl2O4. The summed E-state index contributed by atoms with van der Waals surface area (Å²) >= 11 is 14.8. The van der Waals surface area contributed by atoms with Crippen LogP contribution in [-0.2, 0) is 19.1 Å². The summed E-state index contributed by atoms with van der Waals surface area (Å²) < 4.78 is 6.19. The van der Waals surface area contributed by atoms with E-state index in [1.54, 1.807) is 19.1 Å². The van der Waals surface area contributed by atoms with Gasteiger partial charge in [-0.05, 0) is 63.0 Å². The van der Waals surface area contributed by atoms with Gasteiger partial charge in [0.05, 0.1) is 10.3 Å². The maximum atomic E-state index is 13.3. The third-order valence-electron chi connectivity index (χ3n) is 9.67. The molecule has 0 aromatic carbocycles. The maximum Gasteiger partial charge on any atom is 0.306 e. The molecule has 0 aromatic heterocycles. The second-order valence-electron chi connectivity index (χ2n) is 11.2. The van der Waals surface area contributed by atoms with E-state index in [0.29, 0.717) is 12.8 Å². The first-order chi connectivity index (χ1) is 15.4. The van der Waals surface area contributed by atoms with Gasteiger partial charge in [-0.2, -0.15) is 0 Å². The molecule has 3 fully saturated rings. The van der Waals surface area contributed by atoms with Crippen molar-refractivity contribution in [1.82, 2.24) is 0 Å². The largest absolute Gasteiger partial charge is 0.450 e. The number of allylic oxidation sites excluding steroid dienone is 4. The normalized spacial score (nSPS) is 46.2. The van der Waals surface area contributed by atoms with Crippen LogP contribution in [0.25, 0.3) is 0 Å². The SMILES string of the molecule is CCCCC(=O)O[C@]1(C(C)=O)[C@@H](C)C[C@H]2[C@@H]3CCC4=CC(=O)C=C[C@]4(C)[C@@]3(Cl)C(Cl)C[C@@]21C. The van der Waals surface area contributed by atoms with Crippen molar-refractivity contribution < 1.29 is 19.1 Å². The summed E-state index contributed by atoms with van der Waals surface area (Å²) in [4.78, 5) is 37.5. The van der Waals surface area contributed by atoms with E-state index >= 15 is 0 Å². The summed E-state index contributed by atoms with van der Waals surface area (Å²) in [5, 5.41) is -0.449. The summed E-state index contributed by atoms with van der Waals surface area (Å²) in [5.41, 5.74) is -1.27. The predicted octanol–water partition coefficient (Wildman–Crippen LogP) is 6.18. The Kier molecular flexibility index (Phi) is 6.22. The van der Waals surface area contributed by atoms with Crippen molar-refractivity contribution in [1.29, 1.82) is 0 Å². The van der Waals surface area contributed by atoms with E-state index in [0.717, 1.165) is 37.7 Å². The van der Waals surface area contributed by atoms with Crippen LogP contribution in [0.3, 0.4) is 0 Å². The highest BCUT2D eigenvalue weighted by atomic mass is 35.5. The van der Waals surface area contributed by atoms with Crippen molar-refractivity contribution in [2.24, 2.45) is 28.6 Å². The molecule has 0 aliphatic heterocycles. The molecule has 0 N–H and O–H groups in total. The van der Waals surface area contributed by atoms with Crippen molar-refractivity contribution in [3.63, 3.8) is 0 Å². The van der Waals surface area contributed by atoms with Gasteiger partial charge in [0.2, 0.25) is 0 Å². The van der Waals surface area contributed by atoms with Crippen LogP contribution in [0.4, 0.5) is 0 Å². The quantitative estimate of drug-likeness (QED) is 0.338. The van der Waals surface area contributed by atoms with Crippen LogP contribution >= 0.6 is 23.2 Å². The van der Waals surface area contributed by atoms with E-state index in [9.17, 15) is 14.4 Å². The van der Waals surface area contributed by atoms with Gasteiger partial charge in [-0.25, -0.2) is 0 Å². The standard InChI is InChI=1S/C27H36Cl2O4/c1-6-7-8-23(32)33-27(17(3)30)16(2)13-21-20-10-9-18-14-19(31)11-12-24(18,4)26(20,29)22(28)15-25(21,27)5/h11-12,14,16,20-22H,6-10,13,15H2,1-5H3/t16-,20-,21-,22?,24-,25-,26-,27-/m0/s1. The van der Waals surface area contributed by atoms with Gasteiger partial charge in [-0.1, -0.05) is 45.8 Å². The Hall–Kier alpha value is -1.13. The van der Waals surface area contributed by atoms with Gasteiger partial charge >= 0.3 is 5.97 Å². The van der Waals surface area contributed by atoms with E-state index < -0.39 is 26.7 Å². The molecule has 4 aliphatic carbocycles. The molecule has 0 aromatic rings. The summed E-state index contributed by atoms with van der Waals surface area (Å²) in [7, 11) is 0. The highest BCUT2D eigenvalue weighted by Crippen LogP contribution is 2.72. The van der Waals surface area contributed by atoms with Crippen LogP contribution in [0, 0.1) is 28.6 Å². The average molecular weight is 495 g/mol. The maximum absolute atomic E-state index is 13.3. The first-order valence-electron chi connectivity index (χ1n) is 12.4. The molecule has 3 saturated carbocycles. The molecule has 4 aliphatic rings.